The second-order valence-corrected chi connectivity index (χ2v) is 10.5. The van der Waals surface area contributed by atoms with Gasteiger partial charge in [-0.2, -0.15) is 0 Å². The summed E-state index contributed by atoms with van der Waals surface area (Å²) in [6, 6.07) is 15.0. The Bertz CT molecular complexity index is 1480. The van der Waals surface area contributed by atoms with Gasteiger partial charge >= 0.3 is 0 Å². The molecule has 5 heteroatoms. The standard InChI is InChI=1S/C36H40FN3O/c1-7-20-39-34(10-4)32-18-13-27(22-35(32)41-30-16-17-30)25(6)38-21-19-29-23-33(24(5)8-2)31(9-3)36(40-29)26-11-14-28(37)15-12-26/h1,10-15,18,20,22-24,30,38H,6,8-9,16-17,19,21H2,2-5H3/b34-10-,39-20?. The Morgan fingerprint density at radius 1 is 1.22 bits per heavy atom. The Hall–Kier alpha value is -4.17. The molecule has 1 aliphatic carbocycles. The maximum absolute atomic E-state index is 13.7. The van der Waals surface area contributed by atoms with Crippen LogP contribution in [0.25, 0.3) is 22.7 Å². The molecule has 1 fully saturated rings. The zero-order chi connectivity index (χ0) is 29.4. The molecule has 0 spiro atoms. The highest BCUT2D eigenvalue weighted by atomic mass is 19.1. The fourth-order valence-electron chi connectivity index (χ4n) is 4.89. The Morgan fingerprint density at radius 3 is 2.61 bits per heavy atom. The molecule has 0 radical (unpaired) electrons. The summed E-state index contributed by atoms with van der Waals surface area (Å²) < 4.78 is 19.9. The summed E-state index contributed by atoms with van der Waals surface area (Å²) in [7, 11) is 0. The smallest absolute Gasteiger partial charge is 0.129 e. The van der Waals surface area contributed by atoms with Crippen molar-refractivity contribution < 1.29 is 9.13 Å². The number of allylic oxidation sites excluding steroid dienone is 1. The van der Waals surface area contributed by atoms with Gasteiger partial charge in [0.1, 0.15) is 11.6 Å². The Labute approximate surface area is 244 Å². The summed E-state index contributed by atoms with van der Waals surface area (Å²) in [6.07, 6.45) is 13.8. The number of halogens is 1. The molecule has 2 aromatic carbocycles. The van der Waals surface area contributed by atoms with Crippen LogP contribution in [0.3, 0.4) is 0 Å². The molecule has 1 unspecified atom stereocenters. The molecule has 1 N–H and O–H groups in total. The van der Waals surface area contributed by atoms with Gasteiger partial charge in [0.25, 0.3) is 0 Å². The Balaban J connectivity index is 1.54. The van der Waals surface area contributed by atoms with Crippen LogP contribution in [0.5, 0.6) is 5.75 Å². The van der Waals surface area contributed by atoms with Crippen molar-refractivity contribution in [2.24, 2.45) is 4.99 Å². The first-order valence-corrected chi connectivity index (χ1v) is 14.6. The molecule has 212 valence electrons. The number of terminal acetylenes is 1. The second-order valence-electron chi connectivity index (χ2n) is 10.5. The molecule has 3 aromatic rings. The predicted molar refractivity (Wildman–Crippen MR) is 170 cm³/mol. The van der Waals surface area contributed by atoms with Crippen LogP contribution in [-0.2, 0) is 12.8 Å². The van der Waals surface area contributed by atoms with Crippen LogP contribution in [0.1, 0.15) is 80.8 Å². The Morgan fingerprint density at radius 2 is 1.98 bits per heavy atom. The number of benzene rings is 2. The summed E-state index contributed by atoms with van der Waals surface area (Å²) in [4.78, 5) is 9.47. The van der Waals surface area contributed by atoms with Crippen LogP contribution in [0, 0.1) is 18.2 Å². The number of aromatic nitrogens is 1. The molecule has 1 aliphatic rings. The second kappa shape index (κ2) is 13.9. The molecule has 1 atom stereocenters. The van der Waals surface area contributed by atoms with E-state index >= 15 is 0 Å². The van der Waals surface area contributed by atoms with Crippen LogP contribution < -0.4 is 10.1 Å². The van der Waals surface area contributed by atoms with Gasteiger partial charge in [-0.1, -0.05) is 45.4 Å². The lowest BCUT2D eigenvalue weighted by molar-refractivity contribution is 0.302. The van der Waals surface area contributed by atoms with E-state index in [9.17, 15) is 4.39 Å². The molecule has 0 aliphatic heterocycles. The van der Waals surface area contributed by atoms with Gasteiger partial charge in [0.05, 0.1) is 23.7 Å². The molecule has 0 saturated heterocycles. The normalized spacial score (nSPS) is 14.1. The van der Waals surface area contributed by atoms with Crippen molar-refractivity contribution in [3.05, 3.63) is 95.0 Å². The number of ether oxygens (including phenoxy) is 1. The zero-order valence-electron chi connectivity index (χ0n) is 24.6. The van der Waals surface area contributed by atoms with Crippen LogP contribution in [0.4, 0.5) is 4.39 Å². The van der Waals surface area contributed by atoms with E-state index in [-0.39, 0.29) is 11.9 Å². The van der Waals surface area contributed by atoms with E-state index in [1.54, 1.807) is 0 Å². The topological polar surface area (TPSA) is 46.5 Å². The van der Waals surface area contributed by atoms with Gasteiger partial charge < -0.3 is 10.1 Å². The molecule has 4 rings (SSSR count). The highest BCUT2D eigenvalue weighted by Crippen LogP contribution is 2.35. The van der Waals surface area contributed by atoms with Crippen molar-refractivity contribution in [1.29, 1.82) is 0 Å². The highest BCUT2D eigenvalue weighted by Gasteiger charge is 2.25. The SMILES string of the molecule is C#CC=N/C(=C\C)c1ccc(C(=C)NCCc2cc(C(C)CC)c(CC)c(-c3ccc(F)cc3)n2)cc1OC1CC1. The third-order valence-electron chi connectivity index (χ3n) is 7.52. The van der Waals surface area contributed by atoms with Gasteiger partial charge in [0.15, 0.2) is 0 Å². The number of nitrogens with zero attached hydrogens (tertiary/aromatic N) is 2. The van der Waals surface area contributed by atoms with Crippen molar-refractivity contribution in [1.82, 2.24) is 10.3 Å². The fourth-order valence-corrected chi connectivity index (χ4v) is 4.89. The average Bonchev–Trinajstić information content (AvgIpc) is 3.81. The van der Waals surface area contributed by atoms with Crippen LogP contribution in [-0.4, -0.2) is 23.8 Å². The molecule has 1 heterocycles. The van der Waals surface area contributed by atoms with Gasteiger partial charge in [-0.25, -0.2) is 9.38 Å². The Kier molecular flexibility index (Phi) is 10.1. The van der Waals surface area contributed by atoms with Crippen molar-refractivity contribution >= 4 is 17.6 Å². The van der Waals surface area contributed by atoms with Gasteiger partial charge in [-0.05, 0) is 92.1 Å². The summed E-state index contributed by atoms with van der Waals surface area (Å²) >= 11 is 0. The van der Waals surface area contributed by atoms with E-state index < -0.39 is 0 Å². The molecule has 4 nitrogen and oxygen atoms in total. The fraction of sp³-hybridized carbons (Fsp3) is 0.333. The van der Waals surface area contributed by atoms with Crippen molar-refractivity contribution in [3.8, 4) is 29.4 Å². The van der Waals surface area contributed by atoms with Gasteiger partial charge in [0.2, 0.25) is 0 Å². The van der Waals surface area contributed by atoms with E-state index in [0.29, 0.717) is 12.5 Å². The molecule has 41 heavy (non-hydrogen) atoms. The van der Waals surface area contributed by atoms with Crippen molar-refractivity contribution in [2.45, 2.75) is 71.8 Å². The summed E-state index contributed by atoms with van der Waals surface area (Å²) in [5, 5.41) is 3.49. The maximum atomic E-state index is 13.7. The summed E-state index contributed by atoms with van der Waals surface area (Å²) in [5.41, 5.74) is 8.93. The first-order valence-electron chi connectivity index (χ1n) is 14.6. The number of nitrogens with one attached hydrogen (secondary N) is 1. The van der Waals surface area contributed by atoms with Gasteiger partial charge in [-0.3, -0.25) is 4.98 Å². The maximum Gasteiger partial charge on any atom is 0.129 e. The largest absolute Gasteiger partial charge is 0.490 e. The predicted octanol–water partition coefficient (Wildman–Crippen LogP) is 8.37. The number of aliphatic imine (C=N–C) groups is 1. The summed E-state index contributed by atoms with van der Waals surface area (Å²) in [6.45, 7) is 13.5. The number of pyridine rings is 1. The van der Waals surface area contributed by atoms with Crippen molar-refractivity contribution in [3.63, 3.8) is 0 Å². The first kappa shape index (κ1) is 29.8. The average molecular weight is 550 g/mol. The van der Waals surface area contributed by atoms with E-state index in [2.05, 4.69) is 49.6 Å². The molecule has 0 bridgehead atoms. The van der Waals surface area contributed by atoms with Crippen LogP contribution in [0.2, 0.25) is 0 Å². The minimum absolute atomic E-state index is 0.242. The highest BCUT2D eigenvalue weighted by molar-refractivity contribution is 5.85. The van der Waals surface area contributed by atoms with E-state index in [4.69, 9.17) is 16.1 Å². The molecule has 1 saturated carbocycles. The number of hydrogen-bond acceptors (Lipinski definition) is 4. The van der Waals surface area contributed by atoms with Gasteiger partial charge in [0, 0.05) is 41.0 Å². The third-order valence-corrected chi connectivity index (χ3v) is 7.52. The van der Waals surface area contributed by atoms with Gasteiger partial charge in [-0.15, -0.1) is 6.42 Å². The zero-order valence-corrected chi connectivity index (χ0v) is 24.6. The minimum atomic E-state index is -0.242. The van der Waals surface area contributed by atoms with E-state index in [1.807, 2.05) is 43.3 Å². The monoisotopic (exact) mass is 549 g/mol. The minimum Gasteiger partial charge on any atom is -0.490 e. The third kappa shape index (κ3) is 7.52. The van der Waals surface area contributed by atoms with E-state index in [0.717, 1.165) is 77.3 Å². The van der Waals surface area contributed by atoms with Crippen LogP contribution >= 0.6 is 0 Å². The molecule has 0 amide bonds. The van der Waals surface area contributed by atoms with Crippen LogP contribution in [0.15, 0.2) is 66.2 Å². The number of rotatable bonds is 13. The number of hydrogen-bond donors (Lipinski definition) is 1. The molecule has 1 aromatic heterocycles. The lowest BCUT2D eigenvalue weighted by Crippen LogP contribution is -2.17. The first-order chi connectivity index (χ1) is 19.9. The quantitative estimate of drug-likeness (QED) is 0.172. The molecular weight excluding hydrogens is 509 g/mol. The lowest BCUT2D eigenvalue weighted by atomic mass is 9.89. The van der Waals surface area contributed by atoms with Crippen molar-refractivity contribution in [2.75, 3.05) is 6.54 Å². The van der Waals surface area contributed by atoms with E-state index in [1.165, 1.54) is 29.5 Å². The lowest BCUT2D eigenvalue weighted by Gasteiger charge is -2.20. The summed E-state index contributed by atoms with van der Waals surface area (Å²) in [5.74, 6) is 3.41. The molecular formula is C36H40FN3O.